The molecule has 5 heteroatoms. The highest BCUT2D eigenvalue weighted by atomic mass is 16.4. The van der Waals surface area contributed by atoms with Crippen molar-refractivity contribution in [3.8, 4) is 0 Å². The summed E-state index contributed by atoms with van der Waals surface area (Å²) >= 11 is 0. The van der Waals surface area contributed by atoms with E-state index in [1.807, 2.05) is 6.92 Å². The smallest absolute Gasteiger partial charge is 0.303 e. The van der Waals surface area contributed by atoms with E-state index >= 15 is 0 Å². The summed E-state index contributed by atoms with van der Waals surface area (Å²) < 4.78 is 0. The van der Waals surface area contributed by atoms with Crippen LogP contribution in [0.25, 0.3) is 0 Å². The Labute approximate surface area is 95.6 Å². The zero-order chi connectivity index (χ0) is 12.0. The maximum Gasteiger partial charge on any atom is 0.303 e. The molecular formula is C11H20N2O3. The number of carbonyl (C=O) groups is 2. The number of carbonyl (C=O) groups excluding carboxylic acids is 1. The van der Waals surface area contributed by atoms with Crippen LogP contribution >= 0.6 is 0 Å². The lowest BCUT2D eigenvalue weighted by molar-refractivity contribution is -0.138. The molecule has 1 rings (SSSR count). The second-order valence-electron chi connectivity index (χ2n) is 4.27. The van der Waals surface area contributed by atoms with E-state index in [2.05, 4.69) is 10.6 Å². The molecule has 1 unspecified atom stereocenters. The van der Waals surface area contributed by atoms with E-state index < -0.39 is 5.97 Å². The van der Waals surface area contributed by atoms with Crippen LogP contribution in [0.5, 0.6) is 0 Å². The molecule has 1 fully saturated rings. The molecule has 0 aromatic rings. The van der Waals surface area contributed by atoms with Gasteiger partial charge in [-0.05, 0) is 25.3 Å². The summed E-state index contributed by atoms with van der Waals surface area (Å²) in [5.41, 5.74) is 0. The lowest BCUT2D eigenvalue weighted by atomic mass is 10.0. The van der Waals surface area contributed by atoms with Crippen LogP contribution in [0.15, 0.2) is 0 Å². The third kappa shape index (κ3) is 4.18. The molecular weight excluding hydrogens is 208 g/mol. The van der Waals surface area contributed by atoms with Gasteiger partial charge < -0.3 is 15.7 Å². The first kappa shape index (κ1) is 13.0. The molecule has 2 atom stereocenters. The molecule has 1 aliphatic rings. The molecule has 0 aromatic heterocycles. The van der Waals surface area contributed by atoms with Crippen molar-refractivity contribution in [3.63, 3.8) is 0 Å². The lowest BCUT2D eigenvalue weighted by Gasteiger charge is -2.16. The van der Waals surface area contributed by atoms with Crippen LogP contribution in [0.2, 0.25) is 0 Å². The highest BCUT2D eigenvalue weighted by Gasteiger charge is 2.22. The van der Waals surface area contributed by atoms with Crippen molar-refractivity contribution < 1.29 is 14.7 Å². The Morgan fingerprint density at radius 2 is 2.31 bits per heavy atom. The standard InChI is InChI=1S/C11H20N2O3/c1-2-8(6-10(14)15)7-13-11(16)9-4-3-5-12-9/h8-9,12H,2-7H2,1H3,(H,13,16)(H,14,15)/t8?,9-/m0/s1. The van der Waals surface area contributed by atoms with E-state index in [0.29, 0.717) is 6.54 Å². The van der Waals surface area contributed by atoms with Crippen LogP contribution in [0.4, 0.5) is 0 Å². The Balaban J connectivity index is 2.25. The zero-order valence-corrected chi connectivity index (χ0v) is 9.66. The first-order valence-corrected chi connectivity index (χ1v) is 5.86. The SMILES string of the molecule is CCC(CNC(=O)[C@@H]1CCCN1)CC(=O)O. The fourth-order valence-electron chi connectivity index (χ4n) is 1.88. The van der Waals surface area contributed by atoms with Gasteiger partial charge in [0.2, 0.25) is 5.91 Å². The first-order valence-electron chi connectivity index (χ1n) is 5.86. The second kappa shape index (κ2) is 6.48. The van der Waals surface area contributed by atoms with Crippen molar-refractivity contribution in [2.75, 3.05) is 13.1 Å². The summed E-state index contributed by atoms with van der Waals surface area (Å²) in [5, 5.41) is 14.6. The van der Waals surface area contributed by atoms with Gasteiger partial charge in [-0.3, -0.25) is 9.59 Å². The summed E-state index contributed by atoms with van der Waals surface area (Å²) in [7, 11) is 0. The highest BCUT2D eigenvalue weighted by molar-refractivity contribution is 5.82. The molecule has 0 spiro atoms. The second-order valence-corrected chi connectivity index (χ2v) is 4.27. The van der Waals surface area contributed by atoms with Gasteiger partial charge in [0.15, 0.2) is 0 Å². The van der Waals surface area contributed by atoms with Crippen LogP contribution in [-0.4, -0.2) is 36.1 Å². The molecule has 16 heavy (non-hydrogen) atoms. The Morgan fingerprint density at radius 1 is 1.56 bits per heavy atom. The molecule has 0 aromatic carbocycles. The quantitative estimate of drug-likeness (QED) is 0.613. The Morgan fingerprint density at radius 3 is 2.81 bits per heavy atom. The minimum absolute atomic E-state index is 0.00124. The summed E-state index contributed by atoms with van der Waals surface area (Å²) in [5.74, 6) is -0.774. The molecule has 1 amide bonds. The lowest BCUT2D eigenvalue weighted by Crippen LogP contribution is -2.42. The molecule has 5 nitrogen and oxygen atoms in total. The van der Waals surface area contributed by atoms with Gasteiger partial charge in [-0.1, -0.05) is 13.3 Å². The van der Waals surface area contributed by atoms with Crippen LogP contribution < -0.4 is 10.6 Å². The van der Waals surface area contributed by atoms with E-state index in [4.69, 9.17) is 5.11 Å². The van der Waals surface area contributed by atoms with Crippen molar-refractivity contribution in [1.29, 1.82) is 0 Å². The van der Waals surface area contributed by atoms with Crippen LogP contribution in [0.1, 0.15) is 32.6 Å². The predicted molar refractivity (Wildman–Crippen MR) is 60.1 cm³/mol. The fourth-order valence-corrected chi connectivity index (χ4v) is 1.88. The number of carboxylic acids is 1. The third-order valence-electron chi connectivity index (χ3n) is 2.98. The summed E-state index contributed by atoms with van der Waals surface area (Å²) in [4.78, 5) is 22.2. The maximum absolute atomic E-state index is 11.6. The van der Waals surface area contributed by atoms with Gasteiger partial charge in [0.05, 0.1) is 6.04 Å². The molecule has 1 aliphatic heterocycles. The summed E-state index contributed by atoms with van der Waals surface area (Å²) in [6.07, 6.45) is 2.80. The monoisotopic (exact) mass is 228 g/mol. The Bertz CT molecular complexity index is 250. The van der Waals surface area contributed by atoms with Crippen LogP contribution in [0.3, 0.4) is 0 Å². The van der Waals surface area contributed by atoms with Crippen molar-refractivity contribution in [2.24, 2.45) is 5.92 Å². The largest absolute Gasteiger partial charge is 0.481 e. The number of hydrogen-bond acceptors (Lipinski definition) is 3. The normalized spacial score (nSPS) is 21.7. The van der Waals surface area contributed by atoms with Crippen molar-refractivity contribution in [2.45, 2.75) is 38.6 Å². The molecule has 0 saturated carbocycles. The molecule has 1 saturated heterocycles. The Hall–Kier alpha value is -1.10. The number of amides is 1. The van der Waals surface area contributed by atoms with Gasteiger partial charge in [-0.2, -0.15) is 0 Å². The van der Waals surface area contributed by atoms with Crippen molar-refractivity contribution in [1.82, 2.24) is 10.6 Å². The van der Waals surface area contributed by atoms with Crippen molar-refractivity contribution >= 4 is 11.9 Å². The molecule has 0 radical (unpaired) electrons. The molecule has 0 aliphatic carbocycles. The summed E-state index contributed by atoms with van der Waals surface area (Å²) in [6, 6.07) is -0.0812. The summed E-state index contributed by atoms with van der Waals surface area (Å²) in [6.45, 7) is 3.29. The van der Waals surface area contributed by atoms with Gasteiger partial charge >= 0.3 is 5.97 Å². The molecule has 1 heterocycles. The van der Waals surface area contributed by atoms with E-state index in [1.54, 1.807) is 0 Å². The van der Waals surface area contributed by atoms with E-state index in [0.717, 1.165) is 25.8 Å². The minimum atomic E-state index is -0.805. The number of hydrogen-bond donors (Lipinski definition) is 3. The van der Waals surface area contributed by atoms with Gasteiger partial charge in [0.1, 0.15) is 0 Å². The average molecular weight is 228 g/mol. The number of rotatable bonds is 6. The fraction of sp³-hybridized carbons (Fsp3) is 0.818. The van der Waals surface area contributed by atoms with Crippen molar-refractivity contribution in [3.05, 3.63) is 0 Å². The minimum Gasteiger partial charge on any atom is -0.481 e. The van der Waals surface area contributed by atoms with Gasteiger partial charge in [-0.25, -0.2) is 0 Å². The van der Waals surface area contributed by atoms with Gasteiger partial charge in [0, 0.05) is 13.0 Å². The zero-order valence-electron chi connectivity index (χ0n) is 9.66. The predicted octanol–water partition coefficient (Wildman–Crippen LogP) is 0.356. The van der Waals surface area contributed by atoms with Gasteiger partial charge in [0.25, 0.3) is 0 Å². The van der Waals surface area contributed by atoms with Crippen LogP contribution in [0, 0.1) is 5.92 Å². The topological polar surface area (TPSA) is 78.4 Å². The molecule has 92 valence electrons. The van der Waals surface area contributed by atoms with Crippen LogP contribution in [-0.2, 0) is 9.59 Å². The highest BCUT2D eigenvalue weighted by Crippen LogP contribution is 2.08. The third-order valence-corrected chi connectivity index (χ3v) is 2.98. The molecule has 0 bridgehead atoms. The first-order chi connectivity index (χ1) is 7.63. The maximum atomic E-state index is 11.6. The van der Waals surface area contributed by atoms with E-state index in [1.165, 1.54) is 0 Å². The Kier molecular flexibility index (Phi) is 5.25. The van der Waals surface area contributed by atoms with E-state index in [-0.39, 0.29) is 24.3 Å². The number of aliphatic carboxylic acids is 1. The number of carboxylic acid groups (broad SMARTS) is 1. The van der Waals surface area contributed by atoms with E-state index in [9.17, 15) is 9.59 Å². The average Bonchev–Trinajstić information content (AvgIpc) is 2.76. The molecule has 3 N–H and O–H groups in total. The van der Waals surface area contributed by atoms with Gasteiger partial charge in [-0.15, -0.1) is 0 Å². The number of nitrogens with one attached hydrogen (secondary N) is 2.